The number of benzene rings is 1. The molecule has 0 spiro atoms. The molecule has 0 unspecified atom stereocenters. The number of aromatic hydroxyl groups is 1. The van der Waals surface area contributed by atoms with Crippen molar-refractivity contribution in [3.05, 3.63) is 29.3 Å². The Bertz CT molecular complexity index is 548. The van der Waals surface area contributed by atoms with E-state index in [1.165, 1.54) is 6.07 Å². The fraction of sp³-hybridized carbons (Fsp3) is 0.500. The number of rotatable bonds is 5. The SMILES string of the molecule is CCc1cc(O)ccc1C[C@H](NC(=O)OC(C)(C)C)C(=O)O. The van der Waals surface area contributed by atoms with Crippen LogP contribution in [0, 0.1) is 0 Å². The van der Waals surface area contributed by atoms with E-state index in [2.05, 4.69) is 5.32 Å². The Morgan fingerprint density at radius 2 is 1.91 bits per heavy atom. The van der Waals surface area contributed by atoms with Crippen molar-refractivity contribution in [3.63, 3.8) is 0 Å². The molecule has 122 valence electrons. The molecule has 1 aromatic carbocycles. The molecule has 22 heavy (non-hydrogen) atoms. The Hall–Kier alpha value is -2.24. The molecule has 1 amide bonds. The number of amides is 1. The summed E-state index contributed by atoms with van der Waals surface area (Å²) in [5.41, 5.74) is 0.918. The number of hydrogen-bond acceptors (Lipinski definition) is 4. The average Bonchev–Trinajstić information content (AvgIpc) is 2.37. The number of nitrogens with one attached hydrogen (secondary N) is 1. The van der Waals surface area contributed by atoms with Crippen LogP contribution in [0.15, 0.2) is 18.2 Å². The second kappa shape index (κ2) is 7.15. The second-order valence-electron chi connectivity index (χ2n) is 6.05. The van der Waals surface area contributed by atoms with Gasteiger partial charge in [-0.1, -0.05) is 13.0 Å². The standard InChI is InChI=1S/C16H23NO5/c1-5-10-8-12(18)7-6-11(10)9-13(14(19)20)17-15(21)22-16(2,3)4/h6-8,13,18H,5,9H2,1-4H3,(H,17,21)(H,19,20)/t13-/m0/s1. The number of aliphatic carboxylic acids is 1. The minimum Gasteiger partial charge on any atom is -0.508 e. The first-order valence-corrected chi connectivity index (χ1v) is 7.15. The van der Waals surface area contributed by atoms with Gasteiger partial charge in [-0.15, -0.1) is 0 Å². The third-order valence-corrected chi connectivity index (χ3v) is 2.98. The van der Waals surface area contributed by atoms with E-state index in [0.29, 0.717) is 6.42 Å². The first kappa shape index (κ1) is 17.8. The van der Waals surface area contributed by atoms with Crippen LogP contribution >= 0.6 is 0 Å². The number of alkyl carbamates (subject to hydrolysis) is 1. The molecule has 1 atom stereocenters. The van der Waals surface area contributed by atoms with Crippen LogP contribution in [-0.2, 0) is 22.4 Å². The Labute approximate surface area is 130 Å². The van der Waals surface area contributed by atoms with Crippen molar-refractivity contribution >= 4 is 12.1 Å². The van der Waals surface area contributed by atoms with Crippen molar-refractivity contribution in [3.8, 4) is 5.75 Å². The summed E-state index contributed by atoms with van der Waals surface area (Å²) in [5, 5.41) is 21.1. The quantitative estimate of drug-likeness (QED) is 0.776. The molecule has 1 aromatic rings. The molecule has 1 rings (SSSR count). The molecule has 0 radical (unpaired) electrons. The number of carbonyl (C=O) groups excluding carboxylic acids is 1. The van der Waals surface area contributed by atoms with Crippen molar-refractivity contribution in [2.24, 2.45) is 0 Å². The van der Waals surface area contributed by atoms with Crippen molar-refractivity contribution in [2.75, 3.05) is 0 Å². The molecular weight excluding hydrogens is 286 g/mol. The fourth-order valence-electron chi connectivity index (χ4n) is 2.01. The van der Waals surface area contributed by atoms with Gasteiger partial charge in [0.25, 0.3) is 0 Å². The number of ether oxygens (including phenoxy) is 1. The lowest BCUT2D eigenvalue weighted by atomic mass is 9.98. The average molecular weight is 309 g/mol. The molecule has 0 aromatic heterocycles. The molecule has 0 aliphatic carbocycles. The predicted octanol–water partition coefficient (Wildman–Crippen LogP) is 2.47. The number of hydrogen-bond donors (Lipinski definition) is 3. The highest BCUT2D eigenvalue weighted by Crippen LogP contribution is 2.19. The van der Waals surface area contributed by atoms with Crippen molar-refractivity contribution < 1.29 is 24.5 Å². The Kier molecular flexibility index (Phi) is 5.79. The highest BCUT2D eigenvalue weighted by Gasteiger charge is 2.24. The summed E-state index contributed by atoms with van der Waals surface area (Å²) in [7, 11) is 0. The van der Waals surface area contributed by atoms with E-state index in [1.54, 1.807) is 32.9 Å². The zero-order valence-corrected chi connectivity index (χ0v) is 13.3. The molecule has 3 N–H and O–H groups in total. The van der Waals surface area contributed by atoms with E-state index >= 15 is 0 Å². The first-order valence-electron chi connectivity index (χ1n) is 7.15. The van der Waals surface area contributed by atoms with Crippen molar-refractivity contribution in [1.82, 2.24) is 5.32 Å². The van der Waals surface area contributed by atoms with Crippen LogP contribution in [0.5, 0.6) is 5.75 Å². The zero-order chi connectivity index (χ0) is 16.9. The highest BCUT2D eigenvalue weighted by molar-refractivity contribution is 5.80. The summed E-state index contributed by atoms with van der Waals surface area (Å²) in [6.45, 7) is 7.03. The minimum absolute atomic E-state index is 0.123. The summed E-state index contributed by atoms with van der Waals surface area (Å²) in [5.74, 6) is -1.01. The van der Waals surface area contributed by atoms with Crippen LogP contribution in [0.3, 0.4) is 0 Å². The number of carboxylic acids is 1. The molecule has 0 aliphatic rings. The maximum absolute atomic E-state index is 11.7. The molecule has 0 aliphatic heterocycles. The van der Waals surface area contributed by atoms with Crippen LogP contribution in [0.2, 0.25) is 0 Å². The third-order valence-electron chi connectivity index (χ3n) is 2.98. The Balaban J connectivity index is 2.85. The van der Waals surface area contributed by atoms with E-state index in [-0.39, 0.29) is 12.2 Å². The van der Waals surface area contributed by atoms with Crippen LogP contribution in [0.4, 0.5) is 4.79 Å². The van der Waals surface area contributed by atoms with Gasteiger partial charge in [0.05, 0.1) is 0 Å². The van der Waals surface area contributed by atoms with E-state index in [1.807, 2.05) is 6.92 Å². The van der Waals surface area contributed by atoms with Crippen LogP contribution in [0.25, 0.3) is 0 Å². The molecule has 6 nitrogen and oxygen atoms in total. The van der Waals surface area contributed by atoms with Crippen molar-refractivity contribution in [2.45, 2.75) is 52.2 Å². The number of carbonyl (C=O) groups is 2. The second-order valence-corrected chi connectivity index (χ2v) is 6.05. The summed E-state index contributed by atoms with van der Waals surface area (Å²) in [6, 6.07) is 3.67. The molecule has 0 saturated heterocycles. The number of carboxylic acid groups (broad SMARTS) is 1. The number of phenolic OH excluding ortho intramolecular Hbond substituents is 1. The Morgan fingerprint density at radius 3 is 2.41 bits per heavy atom. The lowest BCUT2D eigenvalue weighted by Crippen LogP contribution is -2.44. The lowest BCUT2D eigenvalue weighted by molar-refractivity contribution is -0.139. The zero-order valence-electron chi connectivity index (χ0n) is 13.3. The smallest absolute Gasteiger partial charge is 0.408 e. The van der Waals surface area contributed by atoms with Gasteiger partial charge in [-0.3, -0.25) is 0 Å². The van der Waals surface area contributed by atoms with Gasteiger partial charge in [0, 0.05) is 6.42 Å². The minimum atomic E-state index is -1.14. The predicted molar refractivity (Wildman–Crippen MR) is 82.0 cm³/mol. The van der Waals surface area contributed by atoms with E-state index < -0.39 is 23.7 Å². The normalized spacial score (nSPS) is 12.5. The maximum Gasteiger partial charge on any atom is 0.408 e. The van der Waals surface area contributed by atoms with Gasteiger partial charge in [0.15, 0.2) is 0 Å². The van der Waals surface area contributed by atoms with E-state index in [4.69, 9.17) is 4.74 Å². The summed E-state index contributed by atoms with van der Waals surface area (Å²) < 4.78 is 5.08. The molecule has 0 fully saturated rings. The number of phenols is 1. The molecule has 0 bridgehead atoms. The maximum atomic E-state index is 11.7. The van der Waals surface area contributed by atoms with Crippen LogP contribution in [-0.4, -0.2) is 33.9 Å². The highest BCUT2D eigenvalue weighted by atomic mass is 16.6. The van der Waals surface area contributed by atoms with Gasteiger partial charge in [-0.05, 0) is 50.5 Å². The van der Waals surface area contributed by atoms with E-state index in [0.717, 1.165) is 11.1 Å². The monoisotopic (exact) mass is 309 g/mol. The van der Waals surface area contributed by atoms with E-state index in [9.17, 15) is 19.8 Å². The number of aryl methyl sites for hydroxylation is 1. The topological polar surface area (TPSA) is 95.9 Å². The molecular formula is C16H23NO5. The van der Waals surface area contributed by atoms with Crippen molar-refractivity contribution in [1.29, 1.82) is 0 Å². The van der Waals surface area contributed by atoms with Crippen LogP contribution < -0.4 is 5.32 Å². The third kappa shape index (κ3) is 5.63. The van der Waals surface area contributed by atoms with Gasteiger partial charge in [0.1, 0.15) is 17.4 Å². The van der Waals surface area contributed by atoms with Crippen LogP contribution in [0.1, 0.15) is 38.8 Å². The van der Waals surface area contributed by atoms with Gasteiger partial charge in [0.2, 0.25) is 0 Å². The largest absolute Gasteiger partial charge is 0.508 e. The summed E-state index contributed by atoms with van der Waals surface area (Å²) >= 11 is 0. The summed E-state index contributed by atoms with van der Waals surface area (Å²) in [4.78, 5) is 23.1. The molecule has 0 saturated carbocycles. The fourth-order valence-corrected chi connectivity index (χ4v) is 2.01. The molecule has 6 heteroatoms. The first-order chi connectivity index (χ1) is 10.1. The van der Waals surface area contributed by atoms with Gasteiger partial charge >= 0.3 is 12.1 Å². The Morgan fingerprint density at radius 1 is 1.27 bits per heavy atom. The van der Waals surface area contributed by atoms with Gasteiger partial charge in [-0.25, -0.2) is 9.59 Å². The lowest BCUT2D eigenvalue weighted by Gasteiger charge is -2.22. The summed E-state index contributed by atoms with van der Waals surface area (Å²) in [6.07, 6.45) is 0.0114. The molecule has 0 heterocycles. The van der Waals surface area contributed by atoms with Gasteiger partial charge in [-0.2, -0.15) is 0 Å². The van der Waals surface area contributed by atoms with Gasteiger partial charge < -0.3 is 20.3 Å².